The number of H-pyrrole nitrogens is 2. The molecule has 0 saturated carbocycles. The minimum atomic E-state index is -1.06. The van der Waals surface area contributed by atoms with E-state index in [1.807, 2.05) is 19.0 Å². The van der Waals surface area contributed by atoms with Crippen molar-refractivity contribution in [1.29, 1.82) is 0 Å². The molecule has 13 nitrogen and oxygen atoms in total. The van der Waals surface area contributed by atoms with Gasteiger partial charge in [-0.2, -0.15) is 0 Å². The number of unbranched alkanes of at least 4 members (excludes halogenated alkanes) is 1. The van der Waals surface area contributed by atoms with Crippen LogP contribution in [0.1, 0.15) is 30.4 Å². The number of aromatic hydroxyl groups is 2. The molecule has 2 unspecified atom stereocenters. The zero-order valence-corrected chi connectivity index (χ0v) is 28.0. The average Bonchev–Trinajstić information content (AvgIpc) is 3.65. The third-order valence-corrected chi connectivity index (χ3v) is 8.05. The topological polar surface area (TPSA) is 181 Å². The maximum atomic E-state index is 13.9. The Balaban J connectivity index is 1.48. The van der Waals surface area contributed by atoms with Gasteiger partial charge >= 0.3 is 0 Å². The minimum Gasteiger partial charge on any atom is -0.508 e. The number of ether oxygens (including phenoxy) is 2. The van der Waals surface area contributed by atoms with Crippen LogP contribution in [0.4, 0.5) is 4.39 Å². The Morgan fingerprint density at radius 2 is 1.45 bits per heavy atom. The summed E-state index contributed by atoms with van der Waals surface area (Å²) < 4.78 is 22.6. The summed E-state index contributed by atoms with van der Waals surface area (Å²) in [6.07, 6.45) is 5.31. The molecule has 0 aliphatic rings. The van der Waals surface area contributed by atoms with Crippen molar-refractivity contribution in [3.8, 4) is 11.5 Å². The summed E-state index contributed by atoms with van der Waals surface area (Å²) in [5.41, 5.74) is 2.86. The molecule has 4 rings (SSSR count). The van der Waals surface area contributed by atoms with Gasteiger partial charge in [-0.15, -0.1) is 0 Å². The quantitative estimate of drug-likeness (QED) is 0.0656. The number of aromatic amines is 2. The van der Waals surface area contributed by atoms with E-state index in [9.17, 15) is 29.0 Å². The first-order valence-electron chi connectivity index (χ1n) is 16.5. The van der Waals surface area contributed by atoms with Crippen LogP contribution in [0.5, 0.6) is 11.5 Å². The van der Waals surface area contributed by atoms with E-state index in [1.165, 1.54) is 0 Å². The largest absolute Gasteiger partial charge is 0.508 e. The third-order valence-electron chi connectivity index (χ3n) is 8.05. The van der Waals surface area contributed by atoms with Gasteiger partial charge in [0.05, 0.1) is 32.8 Å². The molecule has 266 valence electrons. The lowest BCUT2D eigenvalue weighted by Crippen LogP contribution is -2.54. The molecule has 2 atom stereocenters. The Hall–Kier alpha value is -4.66. The first-order chi connectivity index (χ1) is 23.6. The Labute approximate surface area is 284 Å². The predicted molar refractivity (Wildman–Crippen MR) is 184 cm³/mol. The maximum Gasteiger partial charge on any atom is 0.243 e. The van der Waals surface area contributed by atoms with Crippen molar-refractivity contribution in [1.82, 2.24) is 30.8 Å². The van der Waals surface area contributed by atoms with Crippen molar-refractivity contribution in [2.45, 2.75) is 44.2 Å². The van der Waals surface area contributed by atoms with Crippen LogP contribution in [0.2, 0.25) is 0 Å². The molecule has 2 heterocycles. The number of benzene rings is 2. The van der Waals surface area contributed by atoms with E-state index in [4.69, 9.17) is 9.47 Å². The number of hydrogen-bond acceptors (Lipinski definition) is 8. The van der Waals surface area contributed by atoms with Crippen molar-refractivity contribution in [3.05, 3.63) is 59.9 Å². The number of alkyl halides is 1. The maximum absolute atomic E-state index is 13.9. The molecular formula is C35H47FN6O7. The normalized spacial score (nSPS) is 12.7. The summed E-state index contributed by atoms with van der Waals surface area (Å²) in [5, 5.41) is 30.0. The van der Waals surface area contributed by atoms with Crippen LogP contribution >= 0.6 is 0 Å². The number of halogens is 1. The second-order valence-corrected chi connectivity index (χ2v) is 12.2. The predicted octanol–water partition coefficient (Wildman–Crippen LogP) is 2.67. The average molecular weight is 683 g/mol. The third kappa shape index (κ3) is 11.5. The van der Waals surface area contributed by atoms with Crippen LogP contribution in [0.15, 0.2) is 48.8 Å². The molecule has 4 aromatic rings. The lowest BCUT2D eigenvalue weighted by Gasteiger charge is -2.23. The smallest absolute Gasteiger partial charge is 0.243 e. The zero-order valence-electron chi connectivity index (χ0n) is 28.0. The number of nitrogens with zero attached hydrogens (tertiary/aromatic N) is 1. The number of rotatable bonds is 21. The molecular weight excluding hydrogens is 635 g/mol. The zero-order chi connectivity index (χ0) is 35.2. The van der Waals surface area contributed by atoms with E-state index in [2.05, 4.69) is 25.9 Å². The van der Waals surface area contributed by atoms with Gasteiger partial charge in [0.2, 0.25) is 17.7 Å². The second-order valence-electron chi connectivity index (χ2n) is 12.2. The second kappa shape index (κ2) is 18.8. The van der Waals surface area contributed by atoms with E-state index in [-0.39, 0.29) is 63.2 Å². The highest BCUT2D eigenvalue weighted by atomic mass is 19.1. The van der Waals surface area contributed by atoms with Crippen molar-refractivity contribution >= 4 is 39.5 Å². The first-order valence-corrected chi connectivity index (χ1v) is 16.5. The number of phenols is 2. The number of nitrogens with one attached hydrogen (secondary N) is 5. The molecule has 7 N–H and O–H groups in total. The van der Waals surface area contributed by atoms with Gasteiger partial charge in [-0.3, -0.25) is 14.4 Å². The molecule has 49 heavy (non-hydrogen) atoms. The highest BCUT2D eigenvalue weighted by molar-refractivity contribution is 5.95. The van der Waals surface area contributed by atoms with Gasteiger partial charge < -0.3 is 50.5 Å². The molecule has 0 aliphatic heterocycles. The summed E-state index contributed by atoms with van der Waals surface area (Å²) in [6.45, 7) is 1.17. The highest BCUT2D eigenvalue weighted by Gasteiger charge is 2.28. The molecule has 14 heteroatoms. The van der Waals surface area contributed by atoms with E-state index >= 15 is 0 Å². The SMILES string of the molecule is CN(C)CCCCC(NC(=O)C(Cc1c[nH]c2ccc(O)cc12)NC(=O)Cc1c[nH]c2ccc(O)cc12)C(=O)NCCOCCOCCF. The van der Waals surface area contributed by atoms with Crippen molar-refractivity contribution in [3.63, 3.8) is 0 Å². The number of fused-ring (bicyclic) bond motifs is 2. The van der Waals surface area contributed by atoms with Gasteiger partial charge in [-0.25, -0.2) is 4.39 Å². The number of hydrogen-bond donors (Lipinski definition) is 7. The fourth-order valence-electron chi connectivity index (χ4n) is 5.56. The minimum absolute atomic E-state index is 0.00705. The summed E-state index contributed by atoms with van der Waals surface area (Å²) >= 11 is 0. The van der Waals surface area contributed by atoms with Gasteiger partial charge in [0.1, 0.15) is 30.3 Å². The summed E-state index contributed by atoms with van der Waals surface area (Å²) in [5.74, 6) is -1.21. The van der Waals surface area contributed by atoms with Crippen LogP contribution in [0.25, 0.3) is 21.8 Å². The van der Waals surface area contributed by atoms with E-state index in [1.54, 1.807) is 48.8 Å². The van der Waals surface area contributed by atoms with Crippen LogP contribution in [-0.4, -0.2) is 115 Å². The van der Waals surface area contributed by atoms with Gasteiger partial charge in [-0.05, 0) is 87.4 Å². The lowest BCUT2D eigenvalue weighted by molar-refractivity contribution is -0.132. The molecule has 3 amide bonds. The van der Waals surface area contributed by atoms with Crippen LogP contribution in [0.3, 0.4) is 0 Å². The summed E-state index contributed by atoms with van der Waals surface area (Å²) in [4.78, 5) is 49.0. The highest BCUT2D eigenvalue weighted by Crippen LogP contribution is 2.25. The molecule has 0 spiro atoms. The van der Waals surface area contributed by atoms with E-state index < -0.39 is 30.6 Å². The molecule has 2 aromatic heterocycles. The Morgan fingerprint density at radius 1 is 0.816 bits per heavy atom. The van der Waals surface area contributed by atoms with E-state index in [0.717, 1.165) is 24.0 Å². The fourth-order valence-corrected chi connectivity index (χ4v) is 5.56. The van der Waals surface area contributed by atoms with Gasteiger partial charge in [0.25, 0.3) is 0 Å². The van der Waals surface area contributed by atoms with E-state index in [0.29, 0.717) is 34.7 Å². The Kier molecular flexibility index (Phi) is 14.2. The Bertz CT molecular complexity index is 1670. The number of carbonyl (C=O) groups is 3. The molecule has 0 aliphatic carbocycles. The monoisotopic (exact) mass is 682 g/mol. The Morgan fingerprint density at radius 3 is 2.10 bits per heavy atom. The summed E-state index contributed by atoms with van der Waals surface area (Å²) in [7, 11) is 3.93. The molecule has 0 saturated heterocycles. The van der Waals surface area contributed by atoms with Crippen molar-refractivity contribution in [2.24, 2.45) is 0 Å². The molecule has 0 bridgehead atoms. The van der Waals surface area contributed by atoms with Crippen LogP contribution in [-0.2, 0) is 36.7 Å². The number of amides is 3. The number of phenolic OH excluding ortho intramolecular Hbond substituents is 2. The fraction of sp³-hybridized carbons (Fsp3) is 0.457. The van der Waals surface area contributed by atoms with Crippen LogP contribution < -0.4 is 16.0 Å². The number of carbonyl (C=O) groups excluding carboxylic acids is 3. The van der Waals surface area contributed by atoms with Gasteiger partial charge in [-0.1, -0.05) is 0 Å². The molecule has 2 aromatic carbocycles. The molecule has 0 fully saturated rings. The summed E-state index contributed by atoms with van der Waals surface area (Å²) in [6, 6.07) is 7.78. The van der Waals surface area contributed by atoms with Crippen molar-refractivity contribution < 1.29 is 38.5 Å². The van der Waals surface area contributed by atoms with Gasteiger partial charge in [0, 0.05) is 47.2 Å². The van der Waals surface area contributed by atoms with Crippen molar-refractivity contribution in [2.75, 3.05) is 60.3 Å². The lowest BCUT2D eigenvalue weighted by atomic mass is 10.0. The molecule has 0 radical (unpaired) electrons. The van der Waals surface area contributed by atoms with Gasteiger partial charge in [0.15, 0.2) is 0 Å². The first kappa shape index (κ1) is 37.2. The standard InChI is InChI=1S/C35H47FN6O7/c1-42(2)12-4-3-5-31(34(46)37-11-14-49-16-15-48-13-10-36)41-35(47)32(17-23-21-38-29-8-6-25(43)19-27(23)29)40-33(45)18-24-22-39-30-9-7-26(44)20-28(24)30/h6-9,19-22,31-32,38-39,43-44H,3-5,10-18H2,1-2H3,(H,37,46)(H,40,45)(H,41,47). The van der Waals surface area contributed by atoms with Crippen LogP contribution in [0, 0.1) is 0 Å². The number of aromatic nitrogens is 2.